The molecule has 0 unspecified atom stereocenters. The summed E-state index contributed by atoms with van der Waals surface area (Å²) >= 11 is 3.09. The number of aromatic nitrogens is 1. The average Bonchev–Trinajstić information content (AvgIpc) is 3.23. The van der Waals surface area contributed by atoms with Gasteiger partial charge in [0, 0.05) is 16.0 Å². The Morgan fingerprint density at radius 1 is 1.07 bits per heavy atom. The van der Waals surface area contributed by atoms with Gasteiger partial charge in [-0.2, -0.15) is 0 Å². The van der Waals surface area contributed by atoms with Crippen LogP contribution in [0.3, 0.4) is 0 Å². The fraction of sp³-hybridized carbons (Fsp3) is 0.150. The van der Waals surface area contributed by atoms with Crippen LogP contribution in [0.1, 0.15) is 21.6 Å². The monoisotopic (exact) mass is 398 g/mol. The molecule has 0 radical (unpaired) electrons. The number of nitrogens with one attached hydrogen (secondary N) is 1. The number of ether oxygens (including phenoxy) is 1. The second-order valence-corrected chi connectivity index (χ2v) is 7.33. The number of benzene rings is 2. The Morgan fingerprint density at radius 2 is 1.85 bits per heavy atom. The SMILES string of the molecule is O=C(CNC(=O)c1ccccc1SCc1cscn1)OCc1ccccc1. The van der Waals surface area contributed by atoms with Crippen LogP contribution in [-0.2, 0) is 21.9 Å². The first-order chi connectivity index (χ1) is 13.2. The van der Waals surface area contributed by atoms with Gasteiger partial charge in [-0.05, 0) is 17.7 Å². The van der Waals surface area contributed by atoms with Gasteiger partial charge >= 0.3 is 5.97 Å². The molecule has 1 heterocycles. The number of carbonyl (C=O) groups excluding carboxylic acids is 2. The number of carbonyl (C=O) groups is 2. The van der Waals surface area contributed by atoms with Crippen molar-refractivity contribution in [3.63, 3.8) is 0 Å². The number of rotatable bonds is 8. The van der Waals surface area contributed by atoms with Gasteiger partial charge < -0.3 is 10.1 Å². The number of thiazole rings is 1. The summed E-state index contributed by atoms with van der Waals surface area (Å²) in [5.74, 6) is -0.0831. The smallest absolute Gasteiger partial charge is 0.325 e. The Labute approximate surface area is 165 Å². The van der Waals surface area contributed by atoms with Gasteiger partial charge in [0.1, 0.15) is 13.2 Å². The van der Waals surface area contributed by atoms with Gasteiger partial charge in [-0.15, -0.1) is 23.1 Å². The van der Waals surface area contributed by atoms with E-state index in [0.717, 1.165) is 16.2 Å². The zero-order valence-electron chi connectivity index (χ0n) is 14.5. The van der Waals surface area contributed by atoms with Crippen LogP contribution >= 0.6 is 23.1 Å². The van der Waals surface area contributed by atoms with E-state index in [0.29, 0.717) is 11.3 Å². The molecule has 2 aromatic carbocycles. The Balaban J connectivity index is 1.50. The van der Waals surface area contributed by atoms with E-state index >= 15 is 0 Å². The lowest BCUT2D eigenvalue weighted by Gasteiger charge is -2.10. The number of amides is 1. The molecule has 138 valence electrons. The fourth-order valence-electron chi connectivity index (χ4n) is 2.28. The quantitative estimate of drug-likeness (QED) is 0.460. The molecule has 7 heteroatoms. The summed E-state index contributed by atoms with van der Waals surface area (Å²) in [5, 5.41) is 4.61. The highest BCUT2D eigenvalue weighted by atomic mass is 32.2. The third kappa shape index (κ3) is 5.94. The lowest BCUT2D eigenvalue weighted by Crippen LogP contribution is -2.30. The largest absolute Gasteiger partial charge is 0.460 e. The van der Waals surface area contributed by atoms with Crippen molar-refractivity contribution in [1.82, 2.24) is 10.3 Å². The van der Waals surface area contributed by atoms with Crippen molar-refractivity contribution >= 4 is 35.0 Å². The summed E-state index contributed by atoms with van der Waals surface area (Å²) in [7, 11) is 0. The van der Waals surface area contributed by atoms with Crippen molar-refractivity contribution in [1.29, 1.82) is 0 Å². The Bertz CT molecular complexity index is 883. The molecule has 1 amide bonds. The van der Waals surface area contributed by atoms with Crippen LogP contribution in [0.2, 0.25) is 0 Å². The van der Waals surface area contributed by atoms with E-state index in [1.165, 1.54) is 0 Å². The van der Waals surface area contributed by atoms with Gasteiger partial charge in [0.2, 0.25) is 0 Å². The zero-order chi connectivity index (χ0) is 18.9. The zero-order valence-corrected chi connectivity index (χ0v) is 16.1. The first kappa shape index (κ1) is 19.1. The number of thioether (sulfide) groups is 1. The number of esters is 1. The molecule has 0 aliphatic rings. The lowest BCUT2D eigenvalue weighted by molar-refractivity contribution is -0.143. The van der Waals surface area contributed by atoms with Crippen molar-refractivity contribution in [2.24, 2.45) is 0 Å². The maximum absolute atomic E-state index is 12.5. The normalized spacial score (nSPS) is 10.4. The molecule has 0 bridgehead atoms. The highest BCUT2D eigenvalue weighted by Gasteiger charge is 2.13. The van der Waals surface area contributed by atoms with Crippen molar-refractivity contribution in [3.05, 3.63) is 82.3 Å². The highest BCUT2D eigenvalue weighted by Crippen LogP contribution is 2.26. The Morgan fingerprint density at radius 3 is 2.63 bits per heavy atom. The molecule has 0 aliphatic heterocycles. The second kappa shape index (κ2) is 9.89. The van der Waals surface area contributed by atoms with Crippen LogP contribution in [0.15, 0.2) is 70.4 Å². The van der Waals surface area contributed by atoms with E-state index in [9.17, 15) is 9.59 Å². The van der Waals surface area contributed by atoms with Crippen LogP contribution in [-0.4, -0.2) is 23.4 Å². The first-order valence-electron chi connectivity index (χ1n) is 8.29. The molecule has 0 saturated heterocycles. The standard InChI is InChI=1S/C20H18N2O3S2/c23-19(25-11-15-6-2-1-3-7-15)10-21-20(24)17-8-4-5-9-18(17)27-13-16-12-26-14-22-16/h1-9,12,14H,10-11,13H2,(H,21,24). The summed E-state index contributed by atoms with van der Waals surface area (Å²) in [6.45, 7) is 0.0202. The molecule has 0 atom stereocenters. The Kier molecular flexibility index (Phi) is 7.01. The van der Waals surface area contributed by atoms with Crippen molar-refractivity contribution in [3.8, 4) is 0 Å². The maximum atomic E-state index is 12.5. The maximum Gasteiger partial charge on any atom is 0.325 e. The van der Waals surface area contributed by atoms with Crippen LogP contribution in [0.25, 0.3) is 0 Å². The van der Waals surface area contributed by atoms with Crippen LogP contribution in [0.5, 0.6) is 0 Å². The van der Waals surface area contributed by atoms with E-state index in [-0.39, 0.29) is 19.1 Å². The van der Waals surface area contributed by atoms with Crippen molar-refractivity contribution < 1.29 is 14.3 Å². The minimum atomic E-state index is -0.472. The molecule has 1 aromatic heterocycles. The van der Waals surface area contributed by atoms with E-state index < -0.39 is 5.97 Å². The lowest BCUT2D eigenvalue weighted by atomic mass is 10.2. The fourth-order valence-corrected chi connectivity index (χ4v) is 3.89. The average molecular weight is 399 g/mol. The molecular formula is C20H18N2O3S2. The van der Waals surface area contributed by atoms with Gasteiger partial charge in [-0.25, -0.2) is 4.98 Å². The molecular weight excluding hydrogens is 380 g/mol. The molecule has 1 N–H and O–H groups in total. The van der Waals surface area contributed by atoms with Crippen molar-refractivity contribution in [2.75, 3.05) is 6.54 Å². The summed E-state index contributed by atoms with van der Waals surface area (Å²) in [5.41, 5.74) is 4.20. The van der Waals surface area contributed by atoms with Crippen LogP contribution < -0.4 is 5.32 Å². The summed E-state index contributed by atoms with van der Waals surface area (Å²) in [6.07, 6.45) is 0. The minimum absolute atomic E-state index is 0.170. The molecule has 0 fully saturated rings. The second-order valence-electron chi connectivity index (χ2n) is 5.59. The van der Waals surface area contributed by atoms with Gasteiger partial charge in [0.25, 0.3) is 5.91 Å². The predicted molar refractivity (Wildman–Crippen MR) is 107 cm³/mol. The highest BCUT2D eigenvalue weighted by molar-refractivity contribution is 7.98. The molecule has 3 rings (SSSR count). The summed E-state index contributed by atoms with van der Waals surface area (Å²) < 4.78 is 5.18. The minimum Gasteiger partial charge on any atom is -0.460 e. The van der Waals surface area contributed by atoms with E-state index in [1.807, 2.05) is 47.8 Å². The van der Waals surface area contributed by atoms with Crippen LogP contribution in [0.4, 0.5) is 0 Å². The van der Waals surface area contributed by atoms with Gasteiger partial charge in [0.15, 0.2) is 0 Å². The number of nitrogens with zero attached hydrogens (tertiary/aromatic N) is 1. The molecule has 0 spiro atoms. The topological polar surface area (TPSA) is 68.3 Å². The Hall–Kier alpha value is -2.64. The molecule has 3 aromatic rings. The number of hydrogen-bond acceptors (Lipinski definition) is 6. The summed E-state index contributed by atoms with van der Waals surface area (Å²) in [4.78, 5) is 29.4. The van der Waals surface area contributed by atoms with E-state index in [2.05, 4.69) is 10.3 Å². The van der Waals surface area contributed by atoms with Gasteiger partial charge in [0.05, 0.1) is 16.8 Å². The number of hydrogen-bond donors (Lipinski definition) is 1. The van der Waals surface area contributed by atoms with Gasteiger partial charge in [-0.3, -0.25) is 9.59 Å². The summed E-state index contributed by atoms with van der Waals surface area (Å²) in [6, 6.07) is 16.7. The molecule has 27 heavy (non-hydrogen) atoms. The third-order valence-electron chi connectivity index (χ3n) is 3.63. The third-order valence-corrected chi connectivity index (χ3v) is 5.37. The van der Waals surface area contributed by atoms with E-state index in [1.54, 1.807) is 40.7 Å². The molecule has 0 saturated carbocycles. The van der Waals surface area contributed by atoms with Crippen molar-refractivity contribution in [2.45, 2.75) is 17.3 Å². The first-order valence-corrected chi connectivity index (χ1v) is 10.2. The van der Waals surface area contributed by atoms with Crippen LogP contribution in [0, 0.1) is 0 Å². The van der Waals surface area contributed by atoms with Gasteiger partial charge in [-0.1, -0.05) is 42.5 Å². The van der Waals surface area contributed by atoms with E-state index in [4.69, 9.17) is 4.74 Å². The molecule has 5 nitrogen and oxygen atoms in total. The predicted octanol–water partition coefficient (Wildman–Crippen LogP) is 3.91. The molecule has 0 aliphatic carbocycles.